The van der Waals surface area contributed by atoms with Crippen LogP contribution in [0.25, 0.3) is 21.0 Å². The minimum atomic E-state index is -0.226. The number of fused-ring (bicyclic) bond motifs is 2. The van der Waals surface area contributed by atoms with Gasteiger partial charge in [-0.2, -0.15) is 4.99 Å². The number of carbonyl (C=O) groups is 1. The number of hydrogen-bond donors (Lipinski definition) is 0. The molecule has 0 bridgehead atoms. The van der Waals surface area contributed by atoms with Crippen molar-refractivity contribution in [3.05, 3.63) is 76.6 Å². The Morgan fingerprint density at radius 3 is 2.70 bits per heavy atom. The van der Waals surface area contributed by atoms with E-state index in [1.807, 2.05) is 48.5 Å². The number of nitrogens with zero attached hydrogens (tertiary/aromatic N) is 2. The van der Waals surface area contributed by atoms with Crippen LogP contribution in [-0.2, 0) is 11.3 Å². The number of carbonyl (C=O) groups excluding carboxylic acids is 1. The Balaban J connectivity index is 1.83. The molecule has 0 atom stereocenters. The molecule has 0 fully saturated rings. The summed E-state index contributed by atoms with van der Waals surface area (Å²) in [5.74, 6) is -0.226. The number of benzene rings is 3. The van der Waals surface area contributed by atoms with Crippen LogP contribution in [0.3, 0.4) is 0 Å². The fourth-order valence-electron chi connectivity index (χ4n) is 3.26. The van der Waals surface area contributed by atoms with E-state index in [-0.39, 0.29) is 5.91 Å². The quantitative estimate of drug-likeness (QED) is 0.524. The first-order valence-electron chi connectivity index (χ1n) is 8.83. The zero-order chi connectivity index (χ0) is 18.8. The maximum absolute atomic E-state index is 12.8. The van der Waals surface area contributed by atoms with Gasteiger partial charge >= 0.3 is 0 Å². The van der Waals surface area contributed by atoms with Crippen molar-refractivity contribution in [1.82, 2.24) is 4.57 Å². The molecule has 0 unspecified atom stereocenters. The molecule has 0 saturated heterocycles. The van der Waals surface area contributed by atoms with Gasteiger partial charge in [-0.3, -0.25) is 4.79 Å². The topological polar surface area (TPSA) is 43.6 Å². The lowest BCUT2D eigenvalue weighted by Crippen LogP contribution is -2.19. The van der Waals surface area contributed by atoms with Gasteiger partial charge in [-0.15, -0.1) is 0 Å². The Bertz CT molecular complexity index is 1200. The molecule has 0 aliphatic carbocycles. The van der Waals surface area contributed by atoms with Crippen molar-refractivity contribution in [1.29, 1.82) is 0 Å². The first-order chi connectivity index (χ1) is 13.2. The lowest BCUT2D eigenvalue weighted by molar-refractivity contribution is 0.0997. The van der Waals surface area contributed by atoms with Gasteiger partial charge in [0, 0.05) is 19.2 Å². The molecule has 5 heteroatoms. The highest BCUT2D eigenvalue weighted by molar-refractivity contribution is 7.16. The van der Waals surface area contributed by atoms with Crippen LogP contribution in [0.2, 0.25) is 0 Å². The van der Waals surface area contributed by atoms with E-state index in [0.29, 0.717) is 23.5 Å². The number of aryl methyl sites for hydroxylation is 1. The smallest absolute Gasteiger partial charge is 0.279 e. The number of thiazole rings is 1. The molecule has 0 spiro atoms. The number of hydrogen-bond acceptors (Lipinski definition) is 3. The Morgan fingerprint density at radius 1 is 1.07 bits per heavy atom. The van der Waals surface area contributed by atoms with E-state index in [1.165, 1.54) is 16.9 Å². The fourth-order valence-corrected chi connectivity index (χ4v) is 4.39. The van der Waals surface area contributed by atoms with Crippen molar-refractivity contribution in [3.8, 4) is 0 Å². The highest BCUT2D eigenvalue weighted by Crippen LogP contribution is 2.21. The molecule has 1 heterocycles. The van der Waals surface area contributed by atoms with E-state index in [0.717, 1.165) is 21.0 Å². The maximum atomic E-state index is 12.8. The predicted octanol–water partition coefficient (Wildman–Crippen LogP) is 4.55. The standard InChI is InChI=1S/C22H20N2O2S/c1-15-6-5-9-19-20(15)24(12-13-26-2)22(27-19)23-21(25)18-11-10-16-7-3-4-8-17(16)14-18/h3-11,14H,12-13H2,1-2H3. The van der Waals surface area contributed by atoms with E-state index in [9.17, 15) is 4.79 Å². The third kappa shape index (κ3) is 3.44. The van der Waals surface area contributed by atoms with Crippen LogP contribution in [0.15, 0.2) is 65.7 Å². The number of ether oxygens (including phenoxy) is 1. The number of aromatic nitrogens is 1. The molecule has 27 heavy (non-hydrogen) atoms. The minimum Gasteiger partial charge on any atom is -0.383 e. The molecule has 0 saturated carbocycles. The van der Waals surface area contributed by atoms with Gasteiger partial charge in [-0.1, -0.05) is 53.8 Å². The maximum Gasteiger partial charge on any atom is 0.279 e. The van der Waals surface area contributed by atoms with Gasteiger partial charge in [0.25, 0.3) is 5.91 Å². The third-order valence-electron chi connectivity index (χ3n) is 4.62. The second-order valence-electron chi connectivity index (χ2n) is 6.43. The summed E-state index contributed by atoms with van der Waals surface area (Å²) in [6.07, 6.45) is 0. The Morgan fingerprint density at radius 2 is 1.89 bits per heavy atom. The molecule has 4 aromatic rings. The molecule has 1 amide bonds. The van der Waals surface area contributed by atoms with Gasteiger partial charge in [-0.05, 0) is 41.5 Å². The Hall–Kier alpha value is -2.76. The van der Waals surface area contributed by atoms with Gasteiger partial charge < -0.3 is 9.30 Å². The normalized spacial score (nSPS) is 12.1. The van der Waals surface area contributed by atoms with Crippen molar-refractivity contribution < 1.29 is 9.53 Å². The van der Waals surface area contributed by atoms with E-state index in [1.54, 1.807) is 7.11 Å². The molecule has 4 nitrogen and oxygen atoms in total. The molecule has 0 aliphatic rings. The molecule has 0 N–H and O–H groups in total. The summed E-state index contributed by atoms with van der Waals surface area (Å²) in [5, 5.41) is 2.15. The number of para-hydroxylation sites is 1. The summed E-state index contributed by atoms with van der Waals surface area (Å²) >= 11 is 1.54. The molecular weight excluding hydrogens is 356 g/mol. The van der Waals surface area contributed by atoms with Crippen LogP contribution in [0.4, 0.5) is 0 Å². The summed E-state index contributed by atoms with van der Waals surface area (Å²) < 4.78 is 8.46. The van der Waals surface area contributed by atoms with Crippen LogP contribution in [-0.4, -0.2) is 24.2 Å². The van der Waals surface area contributed by atoms with E-state index < -0.39 is 0 Å². The van der Waals surface area contributed by atoms with Gasteiger partial charge in [0.05, 0.1) is 16.8 Å². The molecule has 0 radical (unpaired) electrons. The first-order valence-corrected chi connectivity index (χ1v) is 9.65. The first kappa shape index (κ1) is 17.6. The van der Waals surface area contributed by atoms with E-state index >= 15 is 0 Å². The van der Waals surface area contributed by atoms with Crippen LogP contribution < -0.4 is 4.80 Å². The molecular formula is C22H20N2O2S. The summed E-state index contributed by atoms with van der Waals surface area (Å²) in [6, 6.07) is 19.9. The monoisotopic (exact) mass is 376 g/mol. The highest BCUT2D eigenvalue weighted by Gasteiger charge is 2.11. The minimum absolute atomic E-state index is 0.226. The van der Waals surface area contributed by atoms with Gasteiger partial charge in [-0.25, -0.2) is 0 Å². The van der Waals surface area contributed by atoms with Crippen LogP contribution in [0.1, 0.15) is 15.9 Å². The van der Waals surface area contributed by atoms with Crippen LogP contribution in [0.5, 0.6) is 0 Å². The molecule has 1 aromatic heterocycles. The van der Waals surface area contributed by atoms with Gasteiger partial charge in [0.1, 0.15) is 0 Å². The number of rotatable bonds is 4. The van der Waals surface area contributed by atoms with Crippen molar-refractivity contribution in [3.63, 3.8) is 0 Å². The second kappa shape index (κ2) is 7.47. The zero-order valence-corrected chi connectivity index (χ0v) is 16.1. The Labute approximate surface area is 161 Å². The average molecular weight is 376 g/mol. The number of amides is 1. The van der Waals surface area contributed by atoms with Crippen LogP contribution >= 0.6 is 11.3 Å². The van der Waals surface area contributed by atoms with E-state index in [4.69, 9.17) is 4.74 Å². The zero-order valence-electron chi connectivity index (χ0n) is 15.3. The molecule has 0 aliphatic heterocycles. The van der Waals surface area contributed by atoms with Crippen molar-refractivity contribution in [2.24, 2.45) is 4.99 Å². The average Bonchev–Trinajstić information content (AvgIpc) is 3.04. The summed E-state index contributed by atoms with van der Waals surface area (Å²) in [6.45, 7) is 3.30. The Kier molecular flexibility index (Phi) is 4.88. The van der Waals surface area contributed by atoms with Crippen molar-refractivity contribution >= 4 is 38.2 Å². The lowest BCUT2D eigenvalue weighted by atomic mass is 10.1. The SMILES string of the molecule is COCCn1c(=NC(=O)c2ccc3ccccc3c2)sc2cccc(C)c21. The number of methoxy groups -OCH3 is 1. The molecule has 136 valence electrons. The highest BCUT2D eigenvalue weighted by atomic mass is 32.1. The molecule has 4 rings (SSSR count). The predicted molar refractivity (Wildman–Crippen MR) is 110 cm³/mol. The largest absolute Gasteiger partial charge is 0.383 e. The summed E-state index contributed by atoms with van der Waals surface area (Å²) in [7, 11) is 1.68. The van der Waals surface area contributed by atoms with Gasteiger partial charge in [0.15, 0.2) is 4.80 Å². The third-order valence-corrected chi connectivity index (χ3v) is 5.66. The van der Waals surface area contributed by atoms with Crippen LogP contribution in [0, 0.1) is 6.92 Å². The lowest BCUT2D eigenvalue weighted by Gasteiger charge is -2.06. The van der Waals surface area contributed by atoms with Crippen molar-refractivity contribution in [2.45, 2.75) is 13.5 Å². The fraction of sp³-hybridized carbons (Fsp3) is 0.182. The van der Waals surface area contributed by atoms with Crippen molar-refractivity contribution in [2.75, 3.05) is 13.7 Å². The summed E-state index contributed by atoms with van der Waals surface area (Å²) in [5.41, 5.74) is 2.88. The van der Waals surface area contributed by atoms with E-state index in [2.05, 4.69) is 28.6 Å². The van der Waals surface area contributed by atoms with Gasteiger partial charge in [0.2, 0.25) is 0 Å². The molecule has 3 aromatic carbocycles. The summed E-state index contributed by atoms with van der Waals surface area (Å²) in [4.78, 5) is 18.0. The second-order valence-corrected chi connectivity index (χ2v) is 7.44.